The fraction of sp³-hybridized carbons (Fsp3) is 0.350. The highest BCUT2D eigenvalue weighted by molar-refractivity contribution is 7.18. The van der Waals surface area contributed by atoms with Crippen molar-refractivity contribution in [3.8, 4) is 10.7 Å². The number of alkyl halides is 3. The van der Waals surface area contributed by atoms with Crippen molar-refractivity contribution in [1.82, 2.24) is 15.2 Å². The van der Waals surface area contributed by atoms with Crippen LogP contribution < -0.4 is 5.32 Å². The summed E-state index contributed by atoms with van der Waals surface area (Å²) < 4.78 is 45.1. The van der Waals surface area contributed by atoms with Crippen LogP contribution in [0.4, 0.5) is 18.3 Å². The van der Waals surface area contributed by atoms with Crippen LogP contribution in [0, 0.1) is 0 Å². The third kappa shape index (κ3) is 4.40. The number of anilines is 1. The molecule has 29 heavy (non-hydrogen) atoms. The lowest BCUT2D eigenvalue weighted by molar-refractivity contribution is -0.137. The van der Waals surface area contributed by atoms with E-state index in [0.717, 1.165) is 11.8 Å². The van der Waals surface area contributed by atoms with Gasteiger partial charge in [-0.25, -0.2) is 0 Å². The van der Waals surface area contributed by atoms with Gasteiger partial charge in [0.05, 0.1) is 5.56 Å². The van der Waals surface area contributed by atoms with Crippen LogP contribution in [-0.4, -0.2) is 34.9 Å². The van der Waals surface area contributed by atoms with Gasteiger partial charge < -0.3 is 10.1 Å². The topological polar surface area (TPSA) is 59.9 Å². The minimum absolute atomic E-state index is 0.453. The van der Waals surface area contributed by atoms with Gasteiger partial charge in [0.15, 0.2) is 5.01 Å². The fourth-order valence-corrected chi connectivity index (χ4v) is 4.20. The molecule has 1 saturated heterocycles. The maximum Gasteiger partial charge on any atom is 0.416 e. The molecule has 0 unspecified atom stereocenters. The SMILES string of the molecule is FC(F)(F)c1cccc(C2(CNc3nnc(-c4ccccn4)s3)CCOCC2)c1. The number of benzene rings is 1. The van der Waals surface area contributed by atoms with Gasteiger partial charge in [-0.2, -0.15) is 13.2 Å². The van der Waals surface area contributed by atoms with Crippen molar-refractivity contribution in [2.24, 2.45) is 0 Å². The molecule has 0 amide bonds. The first kappa shape index (κ1) is 19.8. The predicted molar refractivity (Wildman–Crippen MR) is 105 cm³/mol. The molecule has 0 aliphatic carbocycles. The summed E-state index contributed by atoms with van der Waals surface area (Å²) in [6.07, 6.45) is -1.42. The van der Waals surface area contributed by atoms with E-state index in [4.69, 9.17) is 4.74 Å². The van der Waals surface area contributed by atoms with Crippen molar-refractivity contribution in [2.45, 2.75) is 24.4 Å². The van der Waals surface area contributed by atoms with E-state index in [1.165, 1.54) is 23.5 Å². The lowest BCUT2D eigenvalue weighted by atomic mass is 9.73. The van der Waals surface area contributed by atoms with Crippen molar-refractivity contribution in [3.63, 3.8) is 0 Å². The molecule has 0 spiro atoms. The Morgan fingerprint density at radius 3 is 2.62 bits per heavy atom. The summed E-state index contributed by atoms with van der Waals surface area (Å²) in [5, 5.41) is 12.9. The molecule has 1 aromatic carbocycles. The first-order valence-corrected chi connectivity index (χ1v) is 10.0. The zero-order chi connectivity index (χ0) is 20.3. The van der Waals surface area contributed by atoms with E-state index < -0.39 is 17.2 Å². The third-order valence-electron chi connectivity index (χ3n) is 5.14. The standard InChI is InChI=1S/C20H19F3N4OS/c21-20(22,23)15-5-3-4-14(12-15)19(7-10-28-11-8-19)13-25-18-27-26-17(29-18)16-6-1-2-9-24-16/h1-6,9,12H,7-8,10-11,13H2,(H,25,27). The second-order valence-corrected chi connectivity index (χ2v) is 7.93. The number of nitrogens with one attached hydrogen (secondary N) is 1. The minimum atomic E-state index is -4.37. The molecule has 1 N–H and O–H groups in total. The van der Waals surface area contributed by atoms with Crippen LogP contribution in [0.3, 0.4) is 0 Å². The summed E-state index contributed by atoms with van der Waals surface area (Å²) in [5.74, 6) is 0. The number of hydrogen-bond acceptors (Lipinski definition) is 6. The summed E-state index contributed by atoms with van der Waals surface area (Å²) in [4.78, 5) is 4.26. The Morgan fingerprint density at radius 1 is 1.07 bits per heavy atom. The average molecular weight is 420 g/mol. The summed E-state index contributed by atoms with van der Waals surface area (Å²) in [5.41, 5.74) is 0.305. The van der Waals surface area contributed by atoms with Gasteiger partial charge in [0, 0.05) is 31.4 Å². The molecule has 1 fully saturated rings. The number of pyridine rings is 1. The zero-order valence-corrected chi connectivity index (χ0v) is 16.3. The number of nitrogens with zero attached hydrogens (tertiary/aromatic N) is 3. The molecule has 0 bridgehead atoms. The van der Waals surface area contributed by atoms with Crippen LogP contribution in [-0.2, 0) is 16.3 Å². The second-order valence-electron chi connectivity index (χ2n) is 6.95. The monoisotopic (exact) mass is 420 g/mol. The van der Waals surface area contributed by atoms with E-state index in [1.54, 1.807) is 12.3 Å². The molecule has 1 aliphatic rings. The second kappa shape index (κ2) is 8.08. The number of aromatic nitrogens is 3. The predicted octanol–water partition coefficient (Wildman–Crippen LogP) is 4.78. The Bertz CT molecular complexity index is 956. The fourth-order valence-electron chi connectivity index (χ4n) is 3.49. The van der Waals surface area contributed by atoms with Crippen molar-refractivity contribution in [2.75, 3.05) is 25.1 Å². The van der Waals surface area contributed by atoms with Gasteiger partial charge >= 0.3 is 6.18 Å². The van der Waals surface area contributed by atoms with Crippen LogP contribution in [0.5, 0.6) is 0 Å². The molecule has 3 aromatic rings. The van der Waals surface area contributed by atoms with Gasteiger partial charge in [-0.05, 0) is 36.6 Å². The normalized spacial score (nSPS) is 16.5. The van der Waals surface area contributed by atoms with E-state index >= 15 is 0 Å². The Morgan fingerprint density at radius 2 is 1.90 bits per heavy atom. The van der Waals surface area contributed by atoms with E-state index in [1.807, 2.05) is 18.2 Å². The van der Waals surface area contributed by atoms with Gasteiger partial charge in [0.1, 0.15) is 5.69 Å². The molecular weight excluding hydrogens is 401 g/mol. The maximum atomic E-state index is 13.2. The smallest absolute Gasteiger partial charge is 0.381 e. The van der Waals surface area contributed by atoms with Gasteiger partial charge in [0.25, 0.3) is 0 Å². The lowest BCUT2D eigenvalue weighted by Gasteiger charge is -2.38. The third-order valence-corrected chi connectivity index (χ3v) is 6.04. The molecular formula is C20H19F3N4OS. The molecule has 9 heteroatoms. The van der Waals surface area contributed by atoms with Crippen molar-refractivity contribution in [3.05, 3.63) is 59.8 Å². The van der Waals surface area contributed by atoms with Crippen molar-refractivity contribution >= 4 is 16.5 Å². The summed E-state index contributed by atoms with van der Waals surface area (Å²) >= 11 is 1.37. The Kier molecular flexibility index (Phi) is 5.51. The highest BCUT2D eigenvalue weighted by Gasteiger charge is 2.37. The number of halogens is 3. The van der Waals surface area contributed by atoms with Crippen LogP contribution in [0.2, 0.25) is 0 Å². The molecule has 152 valence electrons. The van der Waals surface area contributed by atoms with E-state index in [2.05, 4.69) is 20.5 Å². The quantitative estimate of drug-likeness (QED) is 0.644. The van der Waals surface area contributed by atoms with E-state index in [-0.39, 0.29) is 0 Å². The zero-order valence-electron chi connectivity index (χ0n) is 15.4. The summed E-state index contributed by atoms with van der Waals surface area (Å²) in [7, 11) is 0. The van der Waals surface area contributed by atoms with Gasteiger partial charge in [-0.15, -0.1) is 10.2 Å². The largest absolute Gasteiger partial charge is 0.416 e. The van der Waals surface area contributed by atoms with Crippen LogP contribution in [0.15, 0.2) is 48.7 Å². The molecule has 2 aromatic heterocycles. The van der Waals surface area contributed by atoms with Crippen LogP contribution >= 0.6 is 11.3 Å². The molecule has 0 saturated carbocycles. The number of ether oxygens (including phenoxy) is 1. The van der Waals surface area contributed by atoms with Gasteiger partial charge in [0.2, 0.25) is 5.13 Å². The molecule has 4 rings (SSSR count). The van der Waals surface area contributed by atoms with Crippen LogP contribution in [0.1, 0.15) is 24.0 Å². The average Bonchev–Trinajstić information content (AvgIpc) is 3.22. The maximum absolute atomic E-state index is 13.2. The molecule has 0 radical (unpaired) electrons. The van der Waals surface area contributed by atoms with Crippen molar-refractivity contribution < 1.29 is 17.9 Å². The number of rotatable bonds is 5. The number of hydrogen-bond donors (Lipinski definition) is 1. The highest BCUT2D eigenvalue weighted by atomic mass is 32.1. The molecule has 5 nitrogen and oxygen atoms in total. The first-order chi connectivity index (χ1) is 14.0. The Labute approximate surface area is 170 Å². The van der Waals surface area contributed by atoms with E-state index in [0.29, 0.717) is 48.3 Å². The van der Waals surface area contributed by atoms with Crippen molar-refractivity contribution in [1.29, 1.82) is 0 Å². The Balaban J connectivity index is 1.56. The molecule has 3 heterocycles. The molecule has 1 aliphatic heterocycles. The Hall–Kier alpha value is -2.52. The first-order valence-electron chi connectivity index (χ1n) is 9.21. The highest BCUT2D eigenvalue weighted by Crippen LogP contribution is 2.38. The molecule has 0 atom stereocenters. The van der Waals surface area contributed by atoms with E-state index in [9.17, 15) is 13.2 Å². The van der Waals surface area contributed by atoms with Gasteiger partial charge in [-0.3, -0.25) is 4.98 Å². The summed E-state index contributed by atoms with van der Waals surface area (Å²) in [6.45, 7) is 1.47. The van der Waals surface area contributed by atoms with Gasteiger partial charge in [-0.1, -0.05) is 35.6 Å². The minimum Gasteiger partial charge on any atom is -0.381 e. The lowest BCUT2D eigenvalue weighted by Crippen LogP contribution is -2.40. The van der Waals surface area contributed by atoms with Crippen LogP contribution in [0.25, 0.3) is 10.7 Å². The summed E-state index contributed by atoms with van der Waals surface area (Å²) in [6, 6.07) is 11.2.